The van der Waals surface area contributed by atoms with Gasteiger partial charge in [0.15, 0.2) is 0 Å². The van der Waals surface area contributed by atoms with Crippen molar-refractivity contribution < 1.29 is 17.9 Å². The van der Waals surface area contributed by atoms with E-state index in [4.69, 9.17) is 4.74 Å². The van der Waals surface area contributed by atoms with Gasteiger partial charge in [-0.2, -0.15) is 0 Å². The average molecular weight is 545 g/mol. The highest BCUT2D eigenvalue weighted by molar-refractivity contribution is 9.10. The lowest BCUT2D eigenvalue weighted by Crippen LogP contribution is -2.41. The molecule has 0 unspecified atom stereocenters. The largest absolute Gasteiger partial charge is 0.492 e. The Morgan fingerprint density at radius 2 is 1.56 bits per heavy atom. The SMILES string of the molecule is CC(C)(C)c1ccc(OCCNC(=O)CN(c2ccc(Br)cc2)S(=O)(=O)c2ccccc2)cc1. The molecule has 0 saturated carbocycles. The maximum absolute atomic E-state index is 13.3. The van der Waals surface area contributed by atoms with Crippen LogP contribution in [0.1, 0.15) is 26.3 Å². The van der Waals surface area contributed by atoms with Gasteiger partial charge >= 0.3 is 0 Å². The second-order valence-corrected chi connectivity index (χ2v) is 11.6. The van der Waals surface area contributed by atoms with Crippen molar-refractivity contribution in [2.75, 3.05) is 24.0 Å². The Kier molecular flexibility index (Phi) is 8.38. The Bertz CT molecular complexity index is 1190. The van der Waals surface area contributed by atoms with Crippen LogP contribution in [-0.4, -0.2) is 34.0 Å². The molecule has 0 saturated heterocycles. The second kappa shape index (κ2) is 11.1. The molecule has 3 aromatic carbocycles. The van der Waals surface area contributed by atoms with Crippen molar-refractivity contribution in [3.05, 3.63) is 88.9 Å². The van der Waals surface area contributed by atoms with Crippen LogP contribution in [0.5, 0.6) is 5.75 Å². The molecule has 0 aliphatic carbocycles. The van der Waals surface area contributed by atoms with Gasteiger partial charge in [0.25, 0.3) is 10.0 Å². The number of nitrogens with zero attached hydrogens (tertiary/aromatic N) is 1. The summed E-state index contributed by atoms with van der Waals surface area (Å²) in [5.74, 6) is 0.291. The van der Waals surface area contributed by atoms with Gasteiger partial charge in [-0.1, -0.05) is 67.0 Å². The van der Waals surface area contributed by atoms with Crippen molar-refractivity contribution in [2.45, 2.75) is 31.1 Å². The predicted molar refractivity (Wildman–Crippen MR) is 139 cm³/mol. The molecule has 6 nitrogen and oxygen atoms in total. The van der Waals surface area contributed by atoms with Gasteiger partial charge < -0.3 is 10.1 Å². The highest BCUT2D eigenvalue weighted by Crippen LogP contribution is 2.26. The highest BCUT2D eigenvalue weighted by atomic mass is 79.9. The minimum absolute atomic E-state index is 0.0628. The van der Waals surface area contributed by atoms with Crippen molar-refractivity contribution in [1.29, 1.82) is 0 Å². The zero-order valence-electron chi connectivity index (χ0n) is 19.5. The second-order valence-electron chi connectivity index (χ2n) is 8.77. The zero-order valence-corrected chi connectivity index (χ0v) is 21.9. The molecule has 3 aromatic rings. The summed E-state index contributed by atoms with van der Waals surface area (Å²) in [6.45, 7) is 6.61. The molecule has 3 rings (SSSR count). The van der Waals surface area contributed by atoms with Gasteiger partial charge in [0.2, 0.25) is 5.91 Å². The van der Waals surface area contributed by atoms with E-state index >= 15 is 0 Å². The van der Waals surface area contributed by atoms with Crippen LogP contribution < -0.4 is 14.4 Å². The lowest BCUT2D eigenvalue weighted by molar-refractivity contribution is -0.119. The number of hydrogen-bond acceptors (Lipinski definition) is 4. The third kappa shape index (κ3) is 6.84. The number of carbonyl (C=O) groups is 1. The summed E-state index contributed by atoms with van der Waals surface area (Å²) in [5.41, 5.74) is 1.67. The molecule has 8 heteroatoms. The smallest absolute Gasteiger partial charge is 0.264 e. The third-order valence-corrected chi connectivity index (χ3v) is 7.46. The number of ether oxygens (including phenoxy) is 1. The fourth-order valence-corrected chi connectivity index (χ4v) is 4.95. The minimum Gasteiger partial charge on any atom is -0.492 e. The van der Waals surface area contributed by atoms with Gasteiger partial charge in [-0.05, 0) is 59.5 Å². The molecule has 0 radical (unpaired) electrons. The monoisotopic (exact) mass is 544 g/mol. The topological polar surface area (TPSA) is 75.7 Å². The normalized spacial score (nSPS) is 11.6. The summed E-state index contributed by atoms with van der Waals surface area (Å²) in [6.07, 6.45) is 0. The number of carbonyl (C=O) groups excluding carboxylic acids is 1. The number of hydrogen-bond donors (Lipinski definition) is 1. The number of anilines is 1. The van der Waals surface area contributed by atoms with Crippen LogP contribution >= 0.6 is 15.9 Å². The summed E-state index contributed by atoms with van der Waals surface area (Å²) in [6, 6.07) is 22.7. The van der Waals surface area contributed by atoms with E-state index in [1.807, 2.05) is 24.3 Å². The Hall–Kier alpha value is -2.84. The predicted octanol–water partition coefficient (Wildman–Crippen LogP) is 5.14. The molecule has 0 heterocycles. The zero-order chi connectivity index (χ0) is 24.8. The van der Waals surface area contributed by atoms with Gasteiger partial charge in [0.05, 0.1) is 17.1 Å². The van der Waals surface area contributed by atoms with Gasteiger partial charge in [0, 0.05) is 4.47 Å². The Morgan fingerprint density at radius 3 is 2.15 bits per heavy atom. The molecule has 0 aliphatic rings. The summed E-state index contributed by atoms with van der Waals surface area (Å²) >= 11 is 3.35. The summed E-state index contributed by atoms with van der Waals surface area (Å²) in [5, 5.41) is 2.74. The average Bonchev–Trinajstić information content (AvgIpc) is 2.81. The first-order valence-electron chi connectivity index (χ1n) is 10.9. The molecule has 1 amide bonds. The first-order valence-corrected chi connectivity index (χ1v) is 13.1. The standard InChI is InChI=1S/C26H29BrN2O4S/c1-26(2,3)20-9-15-23(16-10-20)33-18-17-28-25(30)19-29(22-13-11-21(27)12-14-22)34(31,32)24-7-5-4-6-8-24/h4-16H,17-19H2,1-3H3,(H,28,30). The molecule has 34 heavy (non-hydrogen) atoms. The van der Waals surface area contributed by atoms with E-state index in [0.29, 0.717) is 11.4 Å². The summed E-state index contributed by atoms with van der Waals surface area (Å²) in [7, 11) is -3.93. The third-order valence-electron chi connectivity index (χ3n) is 5.15. The van der Waals surface area contributed by atoms with Crippen molar-refractivity contribution in [3.8, 4) is 5.75 Å². The molecule has 0 atom stereocenters. The molecule has 0 fully saturated rings. The van der Waals surface area contributed by atoms with E-state index in [-0.39, 0.29) is 30.0 Å². The van der Waals surface area contributed by atoms with Crippen molar-refractivity contribution in [2.24, 2.45) is 0 Å². The lowest BCUT2D eigenvalue weighted by Gasteiger charge is -2.24. The first kappa shape index (κ1) is 25.8. The summed E-state index contributed by atoms with van der Waals surface area (Å²) < 4.78 is 34.2. The molecule has 180 valence electrons. The molecule has 0 spiro atoms. The number of rotatable bonds is 9. The first-order chi connectivity index (χ1) is 16.1. The molecule has 1 N–H and O–H groups in total. The van der Waals surface area contributed by atoms with Crippen LogP contribution in [0, 0.1) is 0 Å². The van der Waals surface area contributed by atoms with Gasteiger partial charge in [-0.3, -0.25) is 9.10 Å². The quantitative estimate of drug-likeness (QED) is 0.378. The van der Waals surface area contributed by atoms with Crippen LogP contribution in [0.15, 0.2) is 88.2 Å². The molecule has 0 aromatic heterocycles. The summed E-state index contributed by atoms with van der Waals surface area (Å²) in [4.78, 5) is 12.8. The van der Waals surface area contributed by atoms with E-state index in [9.17, 15) is 13.2 Å². The highest BCUT2D eigenvalue weighted by Gasteiger charge is 2.27. The fraction of sp³-hybridized carbons (Fsp3) is 0.269. The molecular weight excluding hydrogens is 516 g/mol. The molecular formula is C26H29BrN2O4S. The molecule has 0 aliphatic heterocycles. The van der Waals surface area contributed by atoms with Gasteiger partial charge in [0.1, 0.15) is 18.9 Å². The van der Waals surface area contributed by atoms with Crippen LogP contribution in [0.2, 0.25) is 0 Å². The van der Waals surface area contributed by atoms with Crippen molar-refractivity contribution in [1.82, 2.24) is 5.32 Å². The number of halogens is 1. The number of benzene rings is 3. The van der Waals surface area contributed by atoms with E-state index in [0.717, 1.165) is 8.78 Å². The van der Waals surface area contributed by atoms with Gasteiger partial charge in [-0.15, -0.1) is 0 Å². The number of amides is 1. The van der Waals surface area contributed by atoms with E-state index in [1.165, 1.54) is 17.7 Å². The van der Waals surface area contributed by atoms with Crippen LogP contribution in [-0.2, 0) is 20.2 Å². The Balaban J connectivity index is 1.63. The van der Waals surface area contributed by atoms with Crippen molar-refractivity contribution >= 4 is 37.5 Å². The van der Waals surface area contributed by atoms with Crippen LogP contribution in [0.4, 0.5) is 5.69 Å². The van der Waals surface area contributed by atoms with Crippen LogP contribution in [0.3, 0.4) is 0 Å². The lowest BCUT2D eigenvalue weighted by atomic mass is 9.87. The fourth-order valence-electron chi connectivity index (χ4n) is 3.24. The van der Waals surface area contributed by atoms with E-state index < -0.39 is 15.9 Å². The maximum atomic E-state index is 13.3. The van der Waals surface area contributed by atoms with E-state index in [2.05, 4.69) is 42.0 Å². The van der Waals surface area contributed by atoms with Crippen molar-refractivity contribution in [3.63, 3.8) is 0 Å². The Morgan fingerprint density at radius 1 is 0.941 bits per heavy atom. The number of nitrogens with one attached hydrogen (secondary N) is 1. The maximum Gasteiger partial charge on any atom is 0.264 e. The minimum atomic E-state index is -3.93. The Labute approximate surface area is 210 Å². The molecule has 0 bridgehead atoms. The van der Waals surface area contributed by atoms with Crippen LogP contribution in [0.25, 0.3) is 0 Å². The van der Waals surface area contributed by atoms with Gasteiger partial charge in [-0.25, -0.2) is 8.42 Å². The van der Waals surface area contributed by atoms with E-state index in [1.54, 1.807) is 42.5 Å². The number of sulfonamides is 1.